The van der Waals surface area contributed by atoms with Crippen LogP contribution in [0.3, 0.4) is 0 Å². The third-order valence-corrected chi connectivity index (χ3v) is 3.66. The van der Waals surface area contributed by atoms with Crippen LogP contribution >= 0.6 is 11.6 Å². The molecule has 20 heavy (non-hydrogen) atoms. The molecule has 6 heteroatoms. The van der Waals surface area contributed by atoms with Gasteiger partial charge in [0.2, 0.25) is 0 Å². The standard InChI is InChI=1S/C14H16ClN3O2/c1-19-10-2-3-11(15)12(6-10)18-9-17-7-13(18)14-8-16-4-5-20-14/h2-3,6-7,9,14,16H,4-5,8H2,1H3. The van der Waals surface area contributed by atoms with E-state index in [0.29, 0.717) is 11.6 Å². The Kier molecular flexibility index (Phi) is 3.91. The summed E-state index contributed by atoms with van der Waals surface area (Å²) in [4.78, 5) is 4.23. The van der Waals surface area contributed by atoms with Crippen LogP contribution in [0.5, 0.6) is 5.75 Å². The third-order valence-electron chi connectivity index (χ3n) is 3.34. The number of nitrogens with one attached hydrogen (secondary N) is 1. The molecule has 1 aliphatic heterocycles. The summed E-state index contributed by atoms with van der Waals surface area (Å²) in [6, 6.07) is 5.55. The highest BCUT2D eigenvalue weighted by Crippen LogP contribution is 2.29. The minimum absolute atomic E-state index is 0.0199. The first kappa shape index (κ1) is 13.4. The van der Waals surface area contributed by atoms with Gasteiger partial charge < -0.3 is 14.8 Å². The Morgan fingerprint density at radius 3 is 3.15 bits per heavy atom. The lowest BCUT2D eigenvalue weighted by Crippen LogP contribution is -2.34. The minimum Gasteiger partial charge on any atom is -0.497 e. The summed E-state index contributed by atoms with van der Waals surface area (Å²) in [7, 11) is 1.63. The van der Waals surface area contributed by atoms with E-state index in [0.717, 1.165) is 30.2 Å². The Hall–Kier alpha value is -1.56. The van der Waals surface area contributed by atoms with Gasteiger partial charge in [0.1, 0.15) is 11.9 Å². The van der Waals surface area contributed by atoms with Gasteiger partial charge in [-0.2, -0.15) is 0 Å². The van der Waals surface area contributed by atoms with Crippen molar-refractivity contribution >= 4 is 11.6 Å². The monoisotopic (exact) mass is 293 g/mol. The quantitative estimate of drug-likeness (QED) is 0.942. The largest absolute Gasteiger partial charge is 0.497 e. The normalized spacial score (nSPS) is 19.0. The molecular formula is C14H16ClN3O2. The van der Waals surface area contributed by atoms with E-state index in [1.165, 1.54) is 0 Å². The highest BCUT2D eigenvalue weighted by molar-refractivity contribution is 6.32. The molecule has 106 valence electrons. The molecule has 0 radical (unpaired) electrons. The first-order valence-corrected chi connectivity index (χ1v) is 6.86. The highest BCUT2D eigenvalue weighted by atomic mass is 35.5. The molecule has 3 rings (SSSR count). The first-order valence-electron chi connectivity index (χ1n) is 6.48. The van der Waals surface area contributed by atoms with Crippen molar-refractivity contribution in [3.8, 4) is 11.4 Å². The number of methoxy groups -OCH3 is 1. The second-order valence-electron chi connectivity index (χ2n) is 4.57. The van der Waals surface area contributed by atoms with Crippen molar-refractivity contribution in [3.63, 3.8) is 0 Å². The molecule has 1 unspecified atom stereocenters. The maximum atomic E-state index is 6.29. The van der Waals surface area contributed by atoms with Crippen LogP contribution in [0, 0.1) is 0 Å². The van der Waals surface area contributed by atoms with Crippen molar-refractivity contribution in [1.82, 2.24) is 14.9 Å². The summed E-state index contributed by atoms with van der Waals surface area (Å²) < 4.78 is 13.0. The van der Waals surface area contributed by atoms with Crippen LogP contribution < -0.4 is 10.1 Å². The number of hydrogen-bond donors (Lipinski definition) is 1. The van der Waals surface area contributed by atoms with Crippen molar-refractivity contribution < 1.29 is 9.47 Å². The van der Waals surface area contributed by atoms with E-state index in [1.807, 2.05) is 29.0 Å². The van der Waals surface area contributed by atoms with E-state index in [2.05, 4.69) is 10.3 Å². The van der Waals surface area contributed by atoms with Crippen LogP contribution in [0.2, 0.25) is 5.02 Å². The average Bonchev–Trinajstić information content (AvgIpc) is 2.98. The predicted molar refractivity (Wildman–Crippen MR) is 76.7 cm³/mol. The number of aromatic nitrogens is 2. The second kappa shape index (κ2) is 5.83. The van der Waals surface area contributed by atoms with Gasteiger partial charge in [-0.25, -0.2) is 4.98 Å². The maximum Gasteiger partial charge on any atom is 0.121 e. The zero-order chi connectivity index (χ0) is 13.9. The topological polar surface area (TPSA) is 48.3 Å². The predicted octanol–water partition coefficient (Wildman–Crippen LogP) is 2.20. The van der Waals surface area contributed by atoms with Gasteiger partial charge in [0, 0.05) is 19.2 Å². The van der Waals surface area contributed by atoms with E-state index < -0.39 is 0 Å². The molecular weight excluding hydrogens is 278 g/mol. The lowest BCUT2D eigenvalue weighted by Gasteiger charge is -2.24. The van der Waals surface area contributed by atoms with Crippen LogP contribution in [0.4, 0.5) is 0 Å². The van der Waals surface area contributed by atoms with Crippen molar-refractivity contribution in [2.24, 2.45) is 0 Å². The molecule has 1 fully saturated rings. The molecule has 1 atom stereocenters. The molecule has 2 heterocycles. The van der Waals surface area contributed by atoms with E-state index >= 15 is 0 Å². The molecule has 2 aromatic rings. The molecule has 5 nitrogen and oxygen atoms in total. The van der Waals surface area contributed by atoms with Crippen LogP contribution in [0.25, 0.3) is 5.69 Å². The van der Waals surface area contributed by atoms with Gasteiger partial charge in [0.15, 0.2) is 0 Å². The molecule has 0 aliphatic carbocycles. The maximum absolute atomic E-state index is 6.29. The Morgan fingerprint density at radius 2 is 2.40 bits per heavy atom. The molecule has 1 aliphatic rings. The molecule has 1 N–H and O–H groups in total. The summed E-state index contributed by atoms with van der Waals surface area (Å²) in [6.07, 6.45) is 3.54. The summed E-state index contributed by atoms with van der Waals surface area (Å²) in [5.74, 6) is 0.756. The van der Waals surface area contributed by atoms with Gasteiger partial charge in [0.05, 0.1) is 42.6 Å². The van der Waals surface area contributed by atoms with E-state index in [9.17, 15) is 0 Å². The summed E-state index contributed by atoms with van der Waals surface area (Å²) >= 11 is 6.29. The number of rotatable bonds is 3. The smallest absolute Gasteiger partial charge is 0.121 e. The Bertz CT molecular complexity index is 594. The molecule has 0 spiro atoms. The summed E-state index contributed by atoms with van der Waals surface area (Å²) in [5, 5.41) is 3.96. The van der Waals surface area contributed by atoms with Crippen molar-refractivity contribution in [3.05, 3.63) is 41.4 Å². The minimum atomic E-state index is -0.0199. The Morgan fingerprint density at radius 1 is 1.50 bits per heavy atom. The van der Waals surface area contributed by atoms with E-state index in [1.54, 1.807) is 13.4 Å². The fraction of sp³-hybridized carbons (Fsp3) is 0.357. The fourth-order valence-electron chi connectivity index (χ4n) is 2.30. The number of benzene rings is 1. The number of ether oxygens (including phenoxy) is 2. The van der Waals surface area contributed by atoms with Gasteiger partial charge in [0.25, 0.3) is 0 Å². The van der Waals surface area contributed by atoms with Gasteiger partial charge in [-0.1, -0.05) is 11.6 Å². The zero-order valence-electron chi connectivity index (χ0n) is 11.2. The number of hydrogen-bond acceptors (Lipinski definition) is 4. The molecule has 1 saturated heterocycles. The van der Waals surface area contributed by atoms with Crippen LogP contribution in [-0.2, 0) is 4.74 Å². The number of halogens is 1. The summed E-state index contributed by atoms with van der Waals surface area (Å²) in [6.45, 7) is 2.35. The van der Waals surface area contributed by atoms with Crippen molar-refractivity contribution in [2.75, 3.05) is 26.8 Å². The van der Waals surface area contributed by atoms with Crippen LogP contribution in [0.15, 0.2) is 30.7 Å². The molecule has 0 bridgehead atoms. The Balaban J connectivity index is 2.00. The SMILES string of the molecule is COc1ccc(Cl)c(-n2cncc2C2CNCCO2)c1. The average molecular weight is 294 g/mol. The van der Waals surface area contributed by atoms with Gasteiger partial charge in [-0.3, -0.25) is 4.57 Å². The number of nitrogens with zero attached hydrogens (tertiary/aromatic N) is 2. The van der Waals surface area contributed by atoms with Gasteiger partial charge in [-0.15, -0.1) is 0 Å². The lowest BCUT2D eigenvalue weighted by atomic mass is 10.2. The zero-order valence-corrected chi connectivity index (χ0v) is 11.9. The molecule has 1 aromatic heterocycles. The third kappa shape index (κ3) is 2.52. The molecule has 0 amide bonds. The van der Waals surface area contributed by atoms with Crippen LogP contribution in [0.1, 0.15) is 11.8 Å². The van der Waals surface area contributed by atoms with Crippen LogP contribution in [-0.4, -0.2) is 36.4 Å². The van der Waals surface area contributed by atoms with Crippen molar-refractivity contribution in [2.45, 2.75) is 6.10 Å². The molecule has 0 saturated carbocycles. The Labute approximate surface area is 122 Å². The second-order valence-corrected chi connectivity index (χ2v) is 4.98. The van der Waals surface area contributed by atoms with Crippen molar-refractivity contribution in [1.29, 1.82) is 0 Å². The van der Waals surface area contributed by atoms with Gasteiger partial charge >= 0.3 is 0 Å². The molecule has 1 aromatic carbocycles. The van der Waals surface area contributed by atoms with E-state index in [4.69, 9.17) is 21.1 Å². The lowest BCUT2D eigenvalue weighted by molar-refractivity contribution is 0.0240. The summed E-state index contributed by atoms with van der Waals surface area (Å²) in [5.41, 5.74) is 1.82. The first-order chi connectivity index (χ1) is 9.79. The highest BCUT2D eigenvalue weighted by Gasteiger charge is 2.21. The van der Waals surface area contributed by atoms with E-state index in [-0.39, 0.29) is 6.10 Å². The fourth-order valence-corrected chi connectivity index (χ4v) is 2.51. The number of imidazole rings is 1. The van der Waals surface area contributed by atoms with Gasteiger partial charge in [-0.05, 0) is 12.1 Å². The number of morpholine rings is 1.